The Morgan fingerprint density at radius 2 is 2.04 bits per heavy atom. The van der Waals surface area contributed by atoms with Crippen LogP contribution in [0.25, 0.3) is 5.57 Å². The highest BCUT2D eigenvalue weighted by atomic mass is 35.5. The number of aromatic amines is 1. The summed E-state index contributed by atoms with van der Waals surface area (Å²) in [6.45, 7) is 0. The van der Waals surface area contributed by atoms with E-state index in [0.717, 1.165) is 15.7 Å². The van der Waals surface area contributed by atoms with E-state index in [1.807, 2.05) is 42.5 Å². The number of allylic oxidation sites excluding steroid dienone is 4. The first-order valence-electron chi connectivity index (χ1n) is 8.31. The Morgan fingerprint density at radius 1 is 1.33 bits per heavy atom. The number of nitrogens with two attached hydrogens (primary N) is 1. The molecule has 1 aromatic heterocycles. The summed E-state index contributed by atoms with van der Waals surface area (Å²) in [4.78, 5) is 37.4. The van der Waals surface area contributed by atoms with Gasteiger partial charge in [-0.05, 0) is 17.6 Å². The Morgan fingerprint density at radius 3 is 2.67 bits per heavy atom. The van der Waals surface area contributed by atoms with Crippen LogP contribution in [-0.4, -0.2) is 20.3 Å². The summed E-state index contributed by atoms with van der Waals surface area (Å²) in [5.41, 5.74) is 6.25. The molecule has 0 saturated carbocycles. The van der Waals surface area contributed by atoms with Crippen molar-refractivity contribution in [2.45, 2.75) is 17.7 Å². The lowest BCUT2D eigenvalue weighted by atomic mass is 9.90. The summed E-state index contributed by atoms with van der Waals surface area (Å²) in [6, 6.07) is 9.85. The van der Waals surface area contributed by atoms with Crippen molar-refractivity contribution in [1.82, 2.24) is 9.55 Å². The molecule has 1 heterocycles. The minimum Gasteiger partial charge on any atom is -0.383 e. The lowest BCUT2D eigenvalue weighted by Gasteiger charge is -2.25. The molecular formula is C19H19ClN4O3. The summed E-state index contributed by atoms with van der Waals surface area (Å²) in [6.07, 6.45) is 6.05. The summed E-state index contributed by atoms with van der Waals surface area (Å²) in [5, 5.41) is 2.46. The van der Waals surface area contributed by atoms with Gasteiger partial charge in [0.15, 0.2) is 0 Å². The number of nitrogens with zero attached hydrogens (tertiary/aromatic N) is 1. The third-order valence-corrected chi connectivity index (χ3v) is 4.80. The number of halogens is 1. The molecule has 0 spiro atoms. The van der Waals surface area contributed by atoms with Crippen molar-refractivity contribution in [3.63, 3.8) is 0 Å². The van der Waals surface area contributed by atoms with Crippen molar-refractivity contribution in [3.05, 3.63) is 75.0 Å². The molecule has 0 aliphatic heterocycles. The second-order valence-corrected chi connectivity index (χ2v) is 7.16. The van der Waals surface area contributed by atoms with E-state index in [0.29, 0.717) is 6.42 Å². The van der Waals surface area contributed by atoms with E-state index in [4.69, 9.17) is 17.3 Å². The molecule has 7 nitrogen and oxygen atoms in total. The number of carbonyl (C=O) groups excluding carboxylic acids is 1. The fourth-order valence-corrected chi connectivity index (χ4v) is 3.10. The van der Waals surface area contributed by atoms with E-state index in [-0.39, 0.29) is 17.9 Å². The number of nitrogen functional groups attached to an aromatic ring is 1. The topological polar surface area (TPSA) is 110 Å². The summed E-state index contributed by atoms with van der Waals surface area (Å²) < 4.78 is 0.831. The molecule has 4 N–H and O–H groups in total. The third kappa shape index (κ3) is 4.03. The summed E-state index contributed by atoms with van der Waals surface area (Å²) in [7, 11) is 1.29. The number of H-pyrrole nitrogens is 1. The van der Waals surface area contributed by atoms with Crippen molar-refractivity contribution in [2.75, 3.05) is 11.1 Å². The van der Waals surface area contributed by atoms with E-state index in [1.165, 1.54) is 7.05 Å². The molecule has 27 heavy (non-hydrogen) atoms. The van der Waals surface area contributed by atoms with Gasteiger partial charge in [-0.25, -0.2) is 4.79 Å². The summed E-state index contributed by atoms with van der Waals surface area (Å²) >= 11 is 6.56. The van der Waals surface area contributed by atoms with Gasteiger partial charge in [0.2, 0.25) is 5.91 Å². The fourth-order valence-electron chi connectivity index (χ4n) is 2.84. The van der Waals surface area contributed by atoms with Crippen LogP contribution in [-0.2, 0) is 11.8 Å². The Labute approximate surface area is 160 Å². The van der Waals surface area contributed by atoms with Gasteiger partial charge in [-0.1, -0.05) is 48.6 Å². The highest BCUT2D eigenvalue weighted by Gasteiger charge is 2.29. The first kappa shape index (κ1) is 18.7. The number of hydrogen-bond acceptors (Lipinski definition) is 4. The van der Waals surface area contributed by atoms with Gasteiger partial charge in [-0.3, -0.25) is 19.1 Å². The SMILES string of the molecule is Cn1c(=O)[nH]c(N)c(NC(=O)C[C@]2(Cl)C=CC(c3ccccc3)=CC2)c1=O. The lowest BCUT2D eigenvalue weighted by molar-refractivity contribution is -0.116. The molecular weight excluding hydrogens is 368 g/mol. The summed E-state index contributed by atoms with van der Waals surface area (Å²) in [5.74, 6) is -0.660. The molecule has 1 aliphatic carbocycles. The number of benzene rings is 1. The van der Waals surface area contributed by atoms with Gasteiger partial charge in [-0.15, -0.1) is 11.6 Å². The average Bonchev–Trinajstić information content (AvgIpc) is 2.64. The number of alkyl halides is 1. The molecule has 0 unspecified atom stereocenters. The van der Waals surface area contributed by atoms with Crippen molar-refractivity contribution in [3.8, 4) is 0 Å². The number of aromatic nitrogens is 2. The van der Waals surface area contributed by atoms with Crippen LogP contribution in [0, 0.1) is 0 Å². The van der Waals surface area contributed by atoms with Gasteiger partial charge in [-0.2, -0.15) is 0 Å². The minimum absolute atomic E-state index is 0.0503. The van der Waals surface area contributed by atoms with E-state index in [1.54, 1.807) is 6.08 Å². The zero-order chi connectivity index (χ0) is 19.6. The minimum atomic E-state index is -0.898. The maximum Gasteiger partial charge on any atom is 0.329 e. The molecule has 8 heteroatoms. The maximum absolute atomic E-state index is 12.4. The van der Waals surface area contributed by atoms with Gasteiger partial charge >= 0.3 is 5.69 Å². The fraction of sp³-hybridized carbons (Fsp3) is 0.211. The Hall–Kier alpha value is -3.06. The number of nitrogens with one attached hydrogen (secondary N) is 2. The molecule has 1 aromatic carbocycles. The molecule has 3 rings (SSSR count). The second-order valence-electron chi connectivity index (χ2n) is 6.41. The van der Waals surface area contributed by atoms with Crippen molar-refractivity contribution < 1.29 is 4.79 Å². The Kier molecular flexibility index (Phi) is 5.05. The lowest BCUT2D eigenvalue weighted by Crippen LogP contribution is -2.37. The van der Waals surface area contributed by atoms with Crippen molar-refractivity contribution in [1.29, 1.82) is 0 Å². The number of hydrogen-bond donors (Lipinski definition) is 3. The average molecular weight is 387 g/mol. The normalized spacial score (nSPS) is 18.8. The first-order chi connectivity index (χ1) is 12.8. The Bertz CT molecular complexity index is 1050. The van der Waals surface area contributed by atoms with Crippen LogP contribution in [0.2, 0.25) is 0 Å². The maximum atomic E-state index is 12.4. The largest absolute Gasteiger partial charge is 0.383 e. The van der Waals surface area contributed by atoms with Gasteiger partial charge in [0.05, 0.1) is 4.87 Å². The third-order valence-electron chi connectivity index (χ3n) is 4.38. The van der Waals surface area contributed by atoms with E-state index in [9.17, 15) is 14.4 Å². The number of anilines is 2. The number of rotatable bonds is 4. The molecule has 140 valence electrons. The Balaban J connectivity index is 1.72. The quantitative estimate of drug-likeness (QED) is 0.698. The van der Waals surface area contributed by atoms with Gasteiger partial charge in [0, 0.05) is 13.5 Å². The van der Waals surface area contributed by atoms with Gasteiger partial charge < -0.3 is 11.1 Å². The first-order valence-corrected chi connectivity index (χ1v) is 8.69. The number of amides is 1. The molecule has 0 saturated heterocycles. The van der Waals surface area contributed by atoms with Gasteiger partial charge in [0.25, 0.3) is 5.56 Å². The van der Waals surface area contributed by atoms with Crippen LogP contribution in [0.3, 0.4) is 0 Å². The van der Waals surface area contributed by atoms with Crippen LogP contribution < -0.4 is 22.3 Å². The highest BCUT2D eigenvalue weighted by molar-refractivity contribution is 6.27. The predicted molar refractivity (Wildman–Crippen MR) is 107 cm³/mol. The zero-order valence-corrected chi connectivity index (χ0v) is 15.4. The highest BCUT2D eigenvalue weighted by Crippen LogP contribution is 2.34. The molecule has 0 fully saturated rings. The molecule has 0 bridgehead atoms. The molecule has 1 atom stereocenters. The van der Waals surface area contributed by atoms with Crippen molar-refractivity contribution in [2.24, 2.45) is 7.05 Å². The monoisotopic (exact) mass is 386 g/mol. The van der Waals surface area contributed by atoms with Crippen molar-refractivity contribution >= 4 is 34.6 Å². The predicted octanol–water partition coefficient (Wildman–Crippen LogP) is 2.01. The van der Waals surface area contributed by atoms with E-state index < -0.39 is 22.0 Å². The van der Waals surface area contributed by atoms with E-state index in [2.05, 4.69) is 10.3 Å². The smallest absolute Gasteiger partial charge is 0.329 e. The molecule has 0 radical (unpaired) electrons. The van der Waals surface area contributed by atoms with Gasteiger partial charge in [0.1, 0.15) is 11.5 Å². The second kappa shape index (κ2) is 7.28. The number of carbonyl (C=O) groups is 1. The standard InChI is InChI=1S/C19H19ClN4O3/c1-24-17(26)15(16(21)23-18(24)27)22-14(25)11-19(20)9-7-13(8-10-19)12-5-3-2-4-6-12/h2-9H,10-11,21H2,1H3,(H,22,25)(H,23,27)/t19-/m0/s1. The van der Waals surface area contributed by atoms with E-state index >= 15 is 0 Å². The molecule has 1 aliphatic rings. The van der Waals surface area contributed by atoms with Crippen LogP contribution >= 0.6 is 11.6 Å². The van der Waals surface area contributed by atoms with Crippen LogP contribution in [0.5, 0.6) is 0 Å². The zero-order valence-electron chi connectivity index (χ0n) is 14.7. The van der Waals surface area contributed by atoms with Crippen LogP contribution in [0.1, 0.15) is 18.4 Å². The molecule has 1 amide bonds. The van der Waals surface area contributed by atoms with Crippen LogP contribution in [0.4, 0.5) is 11.5 Å². The molecule has 2 aromatic rings. The van der Waals surface area contributed by atoms with Crippen LogP contribution in [0.15, 0.2) is 58.1 Å².